The summed E-state index contributed by atoms with van der Waals surface area (Å²) in [6.07, 6.45) is -3.49. The number of rotatable bonds is 4. The first-order chi connectivity index (χ1) is 15.2. The van der Waals surface area contributed by atoms with E-state index in [1.165, 1.54) is 11.0 Å². The van der Waals surface area contributed by atoms with Crippen LogP contribution in [-0.4, -0.2) is 49.1 Å². The Balaban J connectivity index is 1.56. The van der Waals surface area contributed by atoms with Gasteiger partial charge in [0.2, 0.25) is 0 Å². The lowest BCUT2D eigenvalue weighted by Crippen LogP contribution is -2.55. The summed E-state index contributed by atoms with van der Waals surface area (Å²) in [6, 6.07) is 9.18. The van der Waals surface area contributed by atoms with E-state index in [2.05, 4.69) is 10.6 Å². The summed E-state index contributed by atoms with van der Waals surface area (Å²) in [7, 11) is 0. The van der Waals surface area contributed by atoms with Gasteiger partial charge < -0.3 is 15.5 Å². The number of nitrogens with zero attached hydrogens (tertiary/aromatic N) is 2. The molecule has 2 aliphatic heterocycles. The molecule has 4 rings (SSSR count). The van der Waals surface area contributed by atoms with E-state index >= 15 is 0 Å². The number of piperidine rings is 1. The smallest absolute Gasteiger partial charge is 0.326 e. The molecular weight excluding hydrogens is 431 g/mol. The number of carbonyl (C=O) groups excluding carboxylic acids is 1. The largest absolute Gasteiger partial charge is 0.381 e. The lowest BCUT2D eigenvalue weighted by atomic mass is 10.0. The fraction of sp³-hybridized carbons (Fsp3) is 0.409. The number of amides is 2. The van der Waals surface area contributed by atoms with E-state index < -0.39 is 29.8 Å². The van der Waals surface area contributed by atoms with Gasteiger partial charge in [-0.3, -0.25) is 4.90 Å². The lowest BCUT2D eigenvalue weighted by molar-refractivity contribution is -0.0556. The van der Waals surface area contributed by atoms with Gasteiger partial charge in [-0.1, -0.05) is 12.1 Å². The first kappa shape index (κ1) is 22.3. The standard InChI is InChI=1S/C22H23F5N4O/c23-17-6-5-14(11-16(17)20(24)25)29-21(32)31-15(12-28-18-3-1-2-4-19(18)31)13-30-9-7-22(26,27)8-10-30/h1-6,11,15,20,28H,7-10,12-13H2,(H,29,32). The van der Waals surface area contributed by atoms with E-state index in [0.29, 0.717) is 18.8 Å². The maximum absolute atomic E-state index is 13.6. The van der Waals surface area contributed by atoms with Crippen molar-refractivity contribution in [1.29, 1.82) is 0 Å². The van der Waals surface area contributed by atoms with Crippen molar-refractivity contribution in [2.24, 2.45) is 0 Å². The van der Waals surface area contributed by atoms with Crippen molar-refractivity contribution in [2.45, 2.75) is 31.2 Å². The van der Waals surface area contributed by atoms with Crippen molar-refractivity contribution in [2.75, 3.05) is 41.7 Å². The molecule has 0 radical (unpaired) electrons. The van der Waals surface area contributed by atoms with Crippen molar-refractivity contribution in [3.63, 3.8) is 0 Å². The number of carbonyl (C=O) groups is 1. The van der Waals surface area contributed by atoms with E-state index in [9.17, 15) is 26.7 Å². The van der Waals surface area contributed by atoms with Crippen molar-refractivity contribution in [1.82, 2.24) is 4.90 Å². The molecule has 10 heteroatoms. The van der Waals surface area contributed by atoms with Crippen LogP contribution in [0.2, 0.25) is 0 Å². The summed E-state index contributed by atoms with van der Waals surface area (Å²) in [5.41, 5.74) is 0.546. The minimum absolute atomic E-state index is 0.0408. The molecule has 2 heterocycles. The van der Waals surface area contributed by atoms with E-state index in [1.54, 1.807) is 18.2 Å². The number of hydrogen-bond acceptors (Lipinski definition) is 3. The number of likely N-dealkylation sites (tertiary alicyclic amines) is 1. The predicted molar refractivity (Wildman–Crippen MR) is 112 cm³/mol. The van der Waals surface area contributed by atoms with Gasteiger partial charge in [-0.25, -0.2) is 26.7 Å². The molecule has 1 unspecified atom stereocenters. The zero-order valence-electron chi connectivity index (χ0n) is 17.1. The Labute approximate surface area is 182 Å². The van der Waals surface area contributed by atoms with Crippen LogP contribution in [0.5, 0.6) is 0 Å². The molecule has 1 saturated heterocycles. The Hall–Kier alpha value is -2.88. The van der Waals surface area contributed by atoms with E-state index in [1.807, 2.05) is 11.0 Å². The Kier molecular flexibility index (Phi) is 6.23. The molecule has 5 nitrogen and oxygen atoms in total. The molecule has 0 aromatic heterocycles. The number of alkyl halides is 4. The number of urea groups is 1. The third-order valence-electron chi connectivity index (χ3n) is 5.81. The molecule has 32 heavy (non-hydrogen) atoms. The van der Waals surface area contributed by atoms with E-state index in [0.717, 1.165) is 17.8 Å². The first-order valence-electron chi connectivity index (χ1n) is 10.3. The molecule has 1 fully saturated rings. The SMILES string of the molecule is O=C(Nc1ccc(F)c(C(F)F)c1)N1c2ccccc2NCC1CN1CCC(F)(F)CC1. The van der Waals surface area contributed by atoms with Crippen molar-refractivity contribution >= 4 is 23.1 Å². The monoisotopic (exact) mass is 454 g/mol. The average molecular weight is 454 g/mol. The summed E-state index contributed by atoms with van der Waals surface area (Å²) in [6.45, 7) is 1.20. The second-order valence-corrected chi connectivity index (χ2v) is 8.05. The summed E-state index contributed by atoms with van der Waals surface area (Å²) < 4.78 is 66.8. The van der Waals surface area contributed by atoms with Crippen LogP contribution in [0.25, 0.3) is 0 Å². The molecule has 1 atom stereocenters. The minimum atomic E-state index is -3.02. The zero-order valence-corrected chi connectivity index (χ0v) is 17.1. The van der Waals surface area contributed by atoms with Gasteiger partial charge in [0.15, 0.2) is 0 Å². The van der Waals surface area contributed by atoms with Crippen molar-refractivity contribution in [3.05, 3.63) is 53.8 Å². The van der Waals surface area contributed by atoms with E-state index in [-0.39, 0.29) is 37.7 Å². The molecule has 2 aromatic rings. The van der Waals surface area contributed by atoms with Gasteiger partial charge in [0.1, 0.15) is 5.82 Å². The number of nitrogens with one attached hydrogen (secondary N) is 2. The Bertz CT molecular complexity index is 977. The van der Waals surface area contributed by atoms with E-state index in [4.69, 9.17) is 0 Å². The molecule has 0 bridgehead atoms. The topological polar surface area (TPSA) is 47.6 Å². The lowest BCUT2D eigenvalue weighted by Gasteiger charge is -2.41. The van der Waals surface area contributed by atoms with Crippen LogP contribution in [0.4, 0.5) is 43.8 Å². The highest BCUT2D eigenvalue weighted by atomic mass is 19.3. The maximum atomic E-state index is 13.6. The number of anilines is 3. The second-order valence-electron chi connectivity index (χ2n) is 8.05. The third-order valence-corrected chi connectivity index (χ3v) is 5.81. The van der Waals surface area contributed by atoms with Crippen LogP contribution in [-0.2, 0) is 0 Å². The van der Waals surface area contributed by atoms with Crippen LogP contribution in [0, 0.1) is 5.82 Å². The van der Waals surface area contributed by atoms with Gasteiger partial charge in [0.05, 0.1) is 23.0 Å². The second kappa shape index (κ2) is 8.93. The normalized spacial score (nSPS) is 20.6. The molecule has 2 amide bonds. The number of hydrogen-bond donors (Lipinski definition) is 2. The third kappa shape index (κ3) is 4.79. The van der Waals surface area contributed by atoms with Gasteiger partial charge in [0, 0.05) is 44.7 Å². The first-order valence-corrected chi connectivity index (χ1v) is 10.3. The van der Waals surface area contributed by atoms with Crippen LogP contribution in [0.15, 0.2) is 42.5 Å². The zero-order chi connectivity index (χ0) is 22.9. The molecule has 2 N–H and O–H groups in total. The molecule has 0 spiro atoms. The van der Waals surface area contributed by atoms with Crippen molar-refractivity contribution in [3.8, 4) is 0 Å². The summed E-state index contributed by atoms with van der Waals surface area (Å²) >= 11 is 0. The Morgan fingerprint density at radius 2 is 1.88 bits per heavy atom. The molecular formula is C22H23F5N4O. The summed E-state index contributed by atoms with van der Waals surface area (Å²) in [5, 5.41) is 5.83. The van der Waals surface area contributed by atoms with Crippen LogP contribution in [0.1, 0.15) is 24.8 Å². The summed E-state index contributed by atoms with van der Waals surface area (Å²) in [5.74, 6) is -3.72. The number of benzene rings is 2. The molecule has 0 saturated carbocycles. The highest BCUT2D eigenvalue weighted by molar-refractivity contribution is 6.05. The number of para-hydroxylation sites is 2. The fourth-order valence-corrected chi connectivity index (χ4v) is 4.10. The van der Waals surface area contributed by atoms with Crippen molar-refractivity contribution < 1.29 is 26.7 Å². The summed E-state index contributed by atoms with van der Waals surface area (Å²) in [4.78, 5) is 16.6. The number of halogens is 5. The Morgan fingerprint density at radius 1 is 1.16 bits per heavy atom. The molecule has 2 aromatic carbocycles. The average Bonchev–Trinajstić information content (AvgIpc) is 2.76. The van der Waals surface area contributed by atoms with Crippen LogP contribution in [0.3, 0.4) is 0 Å². The van der Waals surface area contributed by atoms with Gasteiger partial charge in [0.25, 0.3) is 12.3 Å². The van der Waals surface area contributed by atoms with Gasteiger partial charge in [-0.2, -0.15) is 0 Å². The Morgan fingerprint density at radius 3 is 2.59 bits per heavy atom. The van der Waals surface area contributed by atoms with Gasteiger partial charge in [-0.05, 0) is 30.3 Å². The van der Waals surface area contributed by atoms with Crippen LogP contribution < -0.4 is 15.5 Å². The number of fused-ring (bicyclic) bond motifs is 1. The predicted octanol–water partition coefficient (Wildman–Crippen LogP) is 5.33. The van der Waals surface area contributed by atoms with Gasteiger partial charge >= 0.3 is 6.03 Å². The highest BCUT2D eigenvalue weighted by Gasteiger charge is 2.37. The maximum Gasteiger partial charge on any atom is 0.326 e. The molecule has 0 aliphatic carbocycles. The van der Waals surface area contributed by atoms with Gasteiger partial charge in [-0.15, -0.1) is 0 Å². The molecule has 2 aliphatic rings. The highest BCUT2D eigenvalue weighted by Crippen LogP contribution is 2.34. The van der Waals surface area contributed by atoms with Crippen LogP contribution >= 0.6 is 0 Å². The molecule has 172 valence electrons. The minimum Gasteiger partial charge on any atom is -0.381 e. The fourth-order valence-electron chi connectivity index (χ4n) is 4.10. The quantitative estimate of drug-likeness (QED) is 0.615.